The van der Waals surface area contributed by atoms with Crippen LogP contribution in [0, 0.1) is 28.6 Å². The number of thioether (sulfide) groups is 1. The second-order valence-electron chi connectivity index (χ2n) is 9.82. The largest absolute Gasteiger partial charge is 0.367 e. The van der Waals surface area contributed by atoms with Crippen molar-refractivity contribution in [3.63, 3.8) is 0 Å². The van der Waals surface area contributed by atoms with Gasteiger partial charge in [0, 0.05) is 68.0 Å². The maximum atomic E-state index is 9.67. The van der Waals surface area contributed by atoms with Gasteiger partial charge in [0.05, 0.1) is 41.1 Å². The van der Waals surface area contributed by atoms with E-state index in [1.54, 1.807) is 22.5 Å². The molecule has 0 bridgehead atoms. The van der Waals surface area contributed by atoms with Crippen LogP contribution >= 0.6 is 11.8 Å². The lowest BCUT2D eigenvalue weighted by molar-refractivity contribution is 0.249. The number of nitrogens with zero attached hydrogens (tertiary/aromatic N) is 8. The Hall–Kier alpha value is -4.05. The minimum absolute atomic E-state index is 0.0589. The smallest absolute Gasteiger partial charge is 0.128 e. The van der Waals surface area contributed by atoms with Crippen molar-refractivity contribution in [2.24, 2.45) is 5.92 Å². The number of piperazine rings is 1. The number of anilines is 2. The van der Waals surface area contributed by atoms with E-state index < -0.39 is 0 Å². The Morgan fingerprint density at radius 3 is 2.42 bits per heavy atom. The van der Waals surface area contributed by atoms with Crippen LogP contribution in [-0.2, 0) is 6.54 Å². The van der Waals surface area contributed by atoms with Gasteiger partial charge in [-0.15, -0.1) is 11.8 Å². The van der Waals surface area contributed by atoms with E-state index in [9.17, 15) is 10.5 Å². The van der Waals surface area contributed by atoms with Gasteiger partial charge in [-0.05, 0) is 42.2 Å². The van der Waals surface area contributed by atoms with Crippen LogP contribution in [0.4, 0.5) is 11.5 Å². The van der Waals surface area contributed by atoms with Crippen molar-refractivity contribution >= 4 is 28.8 Å². The van der Waals surface area contributed by atoms with Crippen molar-refractivity contribution in [3.8, 4) is 23.3 Å². The first kappa shape index (κ1) is 24.3. The van der Waals surface area contributed by atoms with E-state index in [-0.39, 0.29) is 5.92 Å². The highest BCUT2D eigenvalue weighted by Crippen LogP contribution is 2.34. The second kappa shape index (κ2) is 10.4. The van der Waals surface area contributed by atoms with Crippen LogP contribution < -0.4 is 9.80 Å². The third-order valence-corrected chi connectivity index (χ3v) is 8.21. The number of hydrogen-bond donors (Lipinski definition) is 0. The standard InChI is InChI=1S/C29H28N8S/c1-38-26-5-2-21(3-6-26)17-34-8-10-35(11-9-34)28-7-4-23(15-32-28)27-12-25(36-18-22(13-30)19-36)20-37-29(27)24(14-31)16-33-37/h2-7,12,15-16,20,22H,8-11,17-19H2,1H3. The molecule has 3 aromatic heterocycles. The zero-order chi connectivity index (χ0) is 26.1. The number of hydrogen-bond acceptors (Lipinski definition) is 8. The van der Waals surface area contributed by atoms with Crippen LogP contribution in [0.1, 0.15) is 11.1 Å². The number of benzene rings is 1. The molecule has 0 N–H and O–H groups in total. The van der Waals surface area contributed by atoms with Crippen LogP contribution in [0.15, 0.2) is 66.0 Å². The quantitative estimate of drug-likeness (QED) is 0.348. The molecule has 2 saturated heterocycles. The van der Waals surface area contributed by atoms with Crippen molar-refractivity contribution < 1.29 is 0 Å². The normalized spacial score (nSPS) is 16.3. The Bertz CT molecular complexity index is 1520. The molecule has 8 nitrogen and oxygen atoms in total. The molecule has 9 heteroatoms. The fourth-order valence-electron chi connectivity index (χ4n) is 5.21. The highest BCUT2D eigenvalue weighted by molar-refractivity contribution is 7.98. The molecule has 0 aliphatic carbocycles. The third-order valence-electron chi connectivity index (χ3n) is 7.47. The van der Waals surface area contributed by atoms with E-state index in [2.05, 4.69) is 80.7 Å². The topological polar surface area (TPSA) is 87.5 Å². The van der Waals surface area contributed by atoms with Crippen molar-refractivity contribution in [3.05, 3.63) is 72.2 Å². The van der Waals surface area contributed by atoms with Gasteiger partial charge in [-0.2, -0.15) is 15.6 Å². The van der Waals surface area contributed by atoms with Gasteiger partial charge in [0.15, 0.2) is 0 Å². The molecule has 2 aliphatic heterocycles. The molecule has 2 aliphatic rings. The molecule has 6 rings (SSSR count). The summed E-state index contributed by atoms with van der Waals surface area (Å²) in [5.74, 6) is 1.03. The van der Waals surface area contributed by atoms with E-state index in [4.69, 9.17) is 4.98 Å². The SMILES string of the molecule is CSc1ccc(CN2CCN(c3ccc(-c4cc(N5CC(C#N)C5)cn5ncc(C#N)c45)cn3)CC2)cc1. The Labute approximate surface area is 226 Å². The summed E-state index contributed by atoms with van der Waals surface area (Å²) in [5.41, 5.74) is 5.53. The Balaban J connectivity index is 1.18. The van der Waals surface area contributed by atoms with Gasteiger partial charge < -0.3 is 9.80 Å². The Morgan fingerprint density at radius 1 is 0.974 bits per heavy atom. The van der Waals surface area contributed by atoms with Gasteiger partial charge in [-0.25, -0.2) is 9.50 Å². The average molecular weight is 521 g/mol. The lowest BCUT2D eigenvalue weighted by atomic mass is 9.99. The fourth-order valence-corrected chi connectivity index (χ4v) is 5.62. The lowest BCUT2D eigenvalue weighted by Gasteiger charge is -2.37. The zero-order valence-corrected chi connectivity index (χ0v) is 22.1. The van der Waals surface area contributed by atoms with E-state index >= 15 is 0 Å². The number of pyridine rings is 2. The van der Waals surface area contributed by atoms with Crippen LogP contribution in [0.5, 0.6) is 0 Å². The van der Waals surface area contributed by atoms with Gasteiger partial charge >= 0.3 is 0 Å². The molecule has 4 aromatic rings. The van der Waals surface area contributed by atoms with E-state index in [0.29, 0.717) is 18.7 Å². The van der Waals surface area contributed by atoms with E-state index in [1.807, 2.05) is 12.4 Å². The summed E-state index contributed by atoms with van der Waals surface area (Å²) in [6.07, 6.45) is 7.55. The molecule has 1 aromatic carbocycles. The minimum atomic E-state index is 0.0589. The molecule has 2 fully saturated rings. The van der Waals surface area contributed by atoms with Crippen molar-refractivity contribution in [2.45, 2.75) is 11.4 Å². The summed E-state index contributed by atoms with van der Waals surface area (Å²) in [4.78, 5) is 13.1. The van der Waals surface area contributed by atoms with Crippen LogP contribution in [-0.4, -0.2) is 65.0 Å². The van der Waals surface area contributed by atoms with Gasteiger partial charge in [-0.1, -0.05) is 12.1 Å². The first-order valence-electron chi connectivity index (χ1n) is 12.8. The zero-order valence-electron chi connectivity index (χ0n) is 21.3. The summed E-state index contributed by atoms with van der Waals surface area (Å²) < 4.78 is 1.77. The molecule has 0 spiro atoms. The van der Waals surface area contributed by atoms with Gasteiger partial charge in [0.1, 0.15) is 11.9 Å². The molecular formula is C29H28N8S. The summed E-state index contributed by atoms with van der Waals surface area (Å²) in [7, 11) is 0. The lowest BCUT2D eigenvalue weighted by Crippen LogP contribution is -2.46. The first-order valence-corrected chi connectivity index (χ1v) is 14.0. The summed E-state index contributed by atoms with van der Waals surface area (Å²) in [6, 6.07) is 19.7. The molecule has 0 radical (unpaired) electrons. The third kappa shape index (κ3) is 4.67. The first-order chi connectivity index (χ1) is 18.6. The number of fused-ring (bicyclic) bond motifs is 1. The van der Waals surface area contributed by atoms with Crippen LogP contribution in [0.25, 0.3) is 16.6 Å². The van der Waals surface area contributed by atoms with Crippen molar-refractivity contribution in [2.75, 3.05) is 55.3 Å². The Morgan fingerprint density at radius 2 is 1.76 bits per heavy atom. The van der Waals surface area contributed by atoms with Gasteiger partial charge in [0.25, 0.3) is 0 Å². The minimum Gasteiger partial charge on any atom is -0.367 e. The molecule has 0 amide bonds. The highest BCUT2D eigenvalue weighted by atomic mass is 32.2. The van der Waals surface area contributed by atoms with Crippen LogP contribution in [0.3, 0.4) is 0 Å². The molecule has 38 heavy (non-hydrogen) atoms. The van der Waals surface area contributed by atoms with Gasteiger partial charge in [0.2, 0.25) is 0 Å². The summed E-state index contributed by atoms with van der Waals surface area (Å²) in [6.45, 7) is 6.25. The predicted octanol–water partition coefficient (Wildman–Crippen LogP) is 4.27. The van der Waals surface area contributed by atoms with Crippen LogP contribution in [0.2, 0.25) is 0 Å². The number of aromatic nitrogens is 3. The van der Waals surface area contributed by atoms with E-state index in [0.717, 1.165) is 60.9 Å². The molecular weight excluding hydrogens is 492 g/mol. The summed E-state index contributed by atoms with van der Waals surface area (Å²) >= 11 is 1.77. The fraction of sp³-hybridized carbons (Fsp3) is 0.310. The Kier molecular flexibility index (Phi) is 6.63. The van der Waals surface area contributed by atoms with Crippen molar-refractivity contribution in [1.82, 2.24) is 19.5 Å². The molecule has 0 saturated carbocycles. The molecule has 5 heterocycles. The predicted molar refractivity (Wildman–Crippen MR) is 150 cm³/mol. The number of nitriles is 2. The van der Waals surface area contributed by atoms with E-state index in [1.165, 1.54) is 10.5 Å². The monoisotopic (exact) mass is 520 g/mol. The molecule has 0 atom stereocenters. The van der Waals surface area contributed by atoms with Gasteiger partial charge in [-0.3, -0.25) is 4.90 Å². The maximum absolute atomic E-state index is 9.67. The average Bonchev–Trinajstić information content (AvgIpc) is 3.36. The van der Waals surface area contributed by atoms with Crippen molar-refractivity contribution in [1.29, 1.82) is 10.5 Å². The summed E-state index contributed by atoms with van der Waals surface area (Å²) in [5, 5.41) is 23.3. The highest BCUT2D eigenvalue weighted by Gasteiger charge is 2.28. The molecule has 0 unspecified atom stereocenters. The second-order valence-corrected chi connectivity index (χ2v) is 10.7. The molecule has 190 valence electrons. The number of rotatable bonds is 6. The maximum Gasteiger partial charge on any atom is 0.128 e.